The molecule has 0 bridgehead atoms. The summed E-state index contributed by atoms with van der Waals surface area (Å²) >= 11 is 0. The number of hydrogen-bond acceptors (Lipinski definition) is 5. The molecule has 1 rings (SSSR count). The number of nitrogens with one attached hydrogen (secondary N) is 2. The van der Waals surface area contributed by atoms with Crippen LogP contribution < -0.4 is 4.72 Å². The summed E-state index contributed by atoms with van der Waals surface area (Å²) in [5, 5.41) is 26.6. The van der Waals surface area contributed by atoms with Crippen molar-refractivity contribution >= 4 is 16.0 Å². The second-order valence-electron chi connectivity index (χ2n) is 4.07. The number of aromatic nitrogens is 1. The zero-order chi connectivity index (χ0) is 14.8. The third kappa shape index (κ3) is 3.32. The zero-order valence-electron chi connectivity index (χ0n) is 10.5. The number of rotatable bonds is 6. The lowest BCUT2D eigenvalue weighted by Gasteiger charge is -2.10. The van der Waals surface area contributed by atoms with Crippen molar-refractivity contribution in [3.8, 4) is 0 Å². The van der Waals surface area contributed by atoms with Gasteiger partial charge >= 0.3 is 5.97 Å². The molecule has 0 radical (unpaired) electrons. The fourth-order valence-corrected chi connectivity index (χ4v) is 3.21. The summed E-state index contributed by atoms with van der Waals surface area (Å²) in [6.45, 7) is 1.89. The standard InChI is InChI=1S/C10H16N2O6S/c1-5-8(10(15)16)12-6(2)9(5)19(17,18)11-3-7(14)4-13/h7,11-14H,3-4H2,1-2H3,(H,15,16). The molecule has 19 heavy (non-hydrogen) atoms. The van der Waals surface area contributed by atoms with E-state index in [1.54, 1.807) is 0 Å². The molecule has 1 heterocycles. The largest absolute Gasteiger partial charge is 0.477 e. The maximum Gasteiger partial charge on any atom is 0.352 e. The molecule has 0 spiro atoms. The lowest BCUT2D eigenvalue weighted by atomic mass is 10.2. The summed E-state index contributed by atoms with van der Waals surface area (Å²) in [5.41, 5.74) is 0.0949. The van der Waals surface area contributed by atoms with Crippen molar-refractivity contribution in [2.45, 2.75) is 24.8 Å². The fraction of sp³-hybridized carbons (Fsp3) is 0.500. The number of sulfonamides is 1. The summed E-state index contributed by atoms with van der Waals surface area (Å²) in [7, 11) is -3.96. The van der Waals surface area contributed by atoms with E-state index < -0.39 is 28.7 Å². The summed E-state index contributed by atoms with van der Waals surface area (Å²) in [6, 6.07) is 0. The van der Waals surface area contributed by atoms with Crippen LogP contribution >= 0.6 is 0 Å². The molecule has 0 aliphatic heterocycles. The van der Waals surface area contributed by atoms with Crippen molar-refractivity contribution in [2.75, 3.05) is 13.2 Å². The molecular weight excluding hydrogens is 276 g/mol. The molecule has 0 aliphatic carbocycles. The Bertz CT molecular complexity index is 577. The summed E-state index contributed by atoms with van der Waals surface area (Å²) in [4.78, 5) is 13.2. The maximum atomic E-state index is 12.0. The van der Waals surface area contributed by atoms with Gasteiger partial charge in [-0.15, -0.1) is 0 Å². The number of aromatic amines is 1. The number of hydrogen-bond donors (Lipinski definition) is 5. The molecule has 1 atom stereocenters. The van der Waals surface area contributed by atoms with Crippen molar-refractivity contribution in [1.82, 2.24) is 9.71 Å². The normalized spacial score (nSPS) is 13.5. The van der Waals surface area contributed by atoms with Gasteiger partial charge in [0.15, 0.2) is 0 Å². The van der Waals surface area contributed by atoms with Gasteiger partial charge in [0.2, 0.25) is 10.0 Å². The highest BCUT2D eigenvalue weighted by Gasteiger charge is 2.26. The Labute approximate surface area is 110 Å². The van der Waals surface area contributed by atoms with Crippen molar-refractivity contribution in [3.63, 3.8) is 0 Å². The highest BCUT2D eigenvalue weighted by Crippen LogP contribution is 2.22. The molecule has 1 aromatic rings. The Kier molecular flexibility index (Phi) is 4.69. The number of aromatic carboxylic acids is 1. The Morgan fingerprint density at radius 3 is 2.42 bits per heavy atom. The Hall–Kier alpha value is -1.42. The first-order chi connectivity index (χ1) is 8.70. The van der Waals surface area contributed by atoms with Gasteiger partial charge in [0.1, 0.15) is 10.6 Å². The molecule has 8 nitrogen and oxygen atoms in total. The van der Waals surface area contributed by atoms with Crippen LogP contribution in [0.5, 0.6) is 0 Å². The van der Waals surface area contributed by atoms with Crippen LogP contribution in [0.4, 0.5) is 0 Å². The number of carbonyl (C=O) groups is 1. The van der Waals surface area contributed by atoms with Crippen LogP contribution in [-0.2, 0) is 10.0 Å². The smallest absolute Gasteiger partial charge is 0.352 e. The lowest BCUT2D eigenvalue weighted by Crippen LogP contribution is -2.34. The molecular formula is C10H16N2O6S. The van der Waals surface area contributed by atoms with Crippen LogP contribution in [0.15, 0.2) is 4.90 Å². The molecule has 0 aromatic carbocycles. The minimum atomic E-state index is -3.96. The van der Waals surface area contributed by atoms with Crippen LogP contribution in [0.1, 0.15) is 21.7 Å². The first kappa shape index (κ1) is 15.6. The minimum Gasteiger partial charge on any atom is -0.477 e. The number of aryl methyl sites for hydroxylation is 1. The molecule has 0 saturated heterocycles. The molecule has 108 valence electrons. The number of aliphatic hydroxyl groups excluding tert-OH is 2. The van der Waals surface area contributed by atoms with Gasteiger partial charge in [-0.05, 0) is 13.8 Å². The van der Waals surface area contributed by atoms with Crippen LogP contribution in [0, 0.1) is 13.8 Å². The average molecular weight is 292 g/mol. The van der Waals surface area contributed by atoms with E-state index in [4.69, 9.17) is 15.3 Å². The van der Waals surface area contributed by atoms with E-state index in [9.17, 15) is 13.2 Å². The van der Waals surface area contributed by atoms with Crippen molar-refractivity contribution in [2.24, 2.45) is 0 Å². The van der Waals surface area contributed by atoms with Gasteiger partial charge in [0, 0.05) is 17.8 Å². The van der Waals surface area contributed by atoms with E-state index >= 15 is 0 Å². The average Bonchev–Trinajstić information content (AvgIpc) is 2.62. The predicted molar refractivity (Wildman–Crippen MR) is 65.5 cm³/mol. The highest BCUT2D eigenvalue weighted by molar-refractivity contribution is 7.89. The molecule has 0 saturated carbocycles. The number of carboxylic acid groups (broad SMARTS) is 1. The van der Waals surface area contributed by atoms with Crippen molar-refractivity contribution in [3.05, 3.63) is 17.0 Å². The van der Waals surface area contributed by atoms with Crippen molar-refractivity contribution in [1.29, 1.82) is 0 Å². The Balaban J connectivity index is 3.12. The number of H-pyrrole nitrogens is 1. The summed E-state index contributed by atoms with van der Waals surface area (Å²) in [5.74, 6) is -1.25. The van der Waals surface area contributed by atoms with Crippen LogP contribution in [0.3, 0.4) is 0 Å². The zero-order valence-corrected chi connectivity index (χ0v) is 11.3. The molecule has 0 fully saturated rings. The molecule has 1 aromatic heterocycles. The quantitative estimate of drug-likeness (QED) is 0.454. The molecule has 0 aliphatic rings. The molecule has 1 unspecified atom stereocenters. The Morgan fingerprint density at radius 2 is 2.00 bits per heavy atom. The van der Waals surface area contributed by atoms with Crippen molar-refractivity contribution < 1.29 is 28.5 Å². The number of carboxylic acids is 1. The highest BCUT2D eigenvalue weighted by atomic mass is 32.2. The molecule has 5 N–H and O–H groups in total. The van der Waals surface area contributed by atoms with Crippen LogP contribution in [0.2, 0.25) is 0 Å². The van der Waals surface area contributed by atoms with E-state index in [0.29, 0.717) is 0 Å². The Morgan fingerprint density at radius 1 is 1.42 bits per heavy atom. The lowest BCUT2D eigenvalue weighted by molar-refractivity contribution is 0.0690. The molecule has 0 amide bonds. The van der Waals surface area contributed by atoms with E-state index in [2.05, 4.69) is 9.71 Å². The van der Waals surface area contributed by atoms with E-state index in [1.807, 2.05) is 0 Å². The van der Waals surface area contributed by atoms with Gasteiger partial charge in [-0.3, -0.25) is 0 Å². The first-order valence-electron chi connectivity index (χ1n) is 5.41. The third-order valence-electron chi connectivity index (χ3n) is 2.57. The monoisotopic (exact) mass is 292 g/mol. The maximum absolute atomic E-state index is 12.0. The summed E-state index contributed by atoms with van der Waals surface area (Å²) in [6.07, 6.45) is -1.21. The SMILES string of the molecule is Cc1[nH]c(C(=O)O)c(C)c1S(=O)(=O)NCC(O)CO. The number of aliphatic hydroxyl groups is 2. The van der Waals surface area contributed by atoms with Gasteiger partial charge < -0.3 is 20.3 Å². The van der Waals surface area contributed by atoms with E-state index in [1.165, 1.54) is 13.8 Å². The summed E-state index contributed by atoms with van der Waals surface area (Å²) < 4.78 is 26.1. The van der Waals surface area contributed by atoms with E-state index in [-0.39, 0.29) is 28.4 Å². The third-order valence-corrected chi connectivity index (χ3v) is 4.27. The van der Waals surface area contributed by atoms with Gasteiger partial charge in [0.05, 0.1) is 12.7 Å². The van der Waals surface area contributed by atoms with E-state index in [0.717, 1.165) is 0 Å². The van der Waals surface area contributed by atoms with Crippen LogP contribution in [-0.4, -0.2) is 53.9 Å². The van der Waals surface area contributed by atoms with Gasteiger partial charge in [-0.25, -0.2) is 17.9 Å². The first-order valence-corrected chi connectivity index (χ1v) is 6.90. The topological polar surface area (TPSA) is 140 Å². The predicted octanol–water partition coefficient (Wildman–Crippen LogP) is -1.04. The van der Waals surface area contributed by atoms with Gasteiger partial charge in [-0.1, -0.05) is 0 Å². The molecule has 9 heteroatoms. The minimum absolute atomic E-state index is 0.0935. The second-order valence-corrected chi connectivity index (χ2v) is 5.78. The fourth-order valence-electron chi connectivity index (χ4n) is 1.69. The van der Waals surface area contributed by atoms with Gasteiger partial charge in [0.25, 0.3) is 0 Å². The second kappa shape index (κ2) is 5.70. The van der Waals surface area contributed by atoms with Crippen LogP contribution in [0.25, 0.3) is 0 Å². The van der Waals surface area contributed by atoms with Gasteiger partial charge in [-0.2, -0.15) is 0 Å².